The maximum Gasteiger partial charge on any atom is 0.242 e. The standard InChI is InChI=1S/C12H24N4O2.ClH/c1-9(2)11(13)12(18)14-8-10(17)16-6-4-15(3)5-7-16;/h9,11H,4-8,13H2,1-3H3,(H,14,18);1H/t11-;/m0./s1. The summed E-state index contributed by atoms with van der Waals surface area (Å²) >= 11 is 0. The highest BCUT2D eigenvalue weighted by Gasteiger charge is 2.21. The Kier molecular flexibility index (Phi) is 7.97. The fraction of sp³-hybridized carbons (Fsp3) is 0.833. The number of rotatable bonds is 4. The summed E-state index contributed by atoms with van der Waals surface area (Å²) in [7, 11) is 2.03. The van der Waals surface area contributed by atoms with Crippen molar-refractivity contribution in [1.29, 1.82) is 0 Å². The van der Waals surface area contributed by atoms with Crippen molar-refractivity contribution in [2.24, 2.45) is 11.7 Å². The minimum absolute atomic E-state index is 0. The Labute approximate surface area is 121 Å². The van der Waals surface area contributed by atoms with Gasteiger partial charge < -0.3 is 20.9 Å². The first-order valence-corrected chi connectivity index (χ1v) is 6.41. The lowest BCUT2D eigenvalue weighted by molar-refractivity contribution is -0.134. The summed E-state index contributed by atoms with van der Waals surface area (Å²) in [6, 6.07) is -0.551. The molecule has 112 valence electrons. The van der Waals surface area contributed by atoms with Crippen LogP contribution in [0.4, 0.5) is 0 Å². The lowest BCUT2D eigenvalue weighted by atomic mass is 10.1. The van der Waals surface area contributed by atoms with E-state index in [1.54, 1.807) is 4.90 Å². The Morgan fingerprint density at radius 2 is 1.74 bits per heavy atom. The van der Waals surface area contributed by atoms with Crippen LogP contribution >= 0.6 is 12.4 Å². The van der Waals surface area contributed by atoms with Crippen molar-refractivity contribution in [1.82, 2.24) is 15.1 Å². The number of amides is 2. The zero-order chi connectivity index (χ0) is 13.7. The molecule has 0 bridgehead atoms. The van der Waals surface area contributed by atoms with E-state index in [0.29, 0.717) is 0 Å². The minimum Gasteiger partial charge on any atom is -0.346 e. The monoisotopic (exact) mass is 292 g/mol. The van der Waals surface area contributed by atoms with E-state index < -0.39 is 6.04 Å². The maximum atomic E-state index is 11.9. The molecule has 1 aliphatic heterocycles. The fourth-order valence-corrected chi connectivity index (χ4v) is 1.75. The number of nitrogens with two attached hydrogens (primary N) is 1. The van der Waals surface area contributed by atoms with Gasteiger partial charge in [-0.05, 0) is 13.0 Å². The van der Waals surface area contributed by atoms with Crippen LogP contribution in [0.15, 0.2) is 0 Å². The zero-order valence-corrected chi connectivity index (χ0v) is 12.7. The molecule has 1 fully saturated rings. The molecule has 3 N–H and O–H groups in total. The van der Waals surface area contributed by atoms with Crippen LogP contribution in [0.2, 0.25) is 0 Å². The summed E-state index contributed by atoms with van der Waals surface area (Å²) in [5.41, 5.74) is 5.70. The second-order valence-corrected chi connectivity index (χ2v) is 5.17. The Bertz CT molecular complexity index is 304. The molecular formula is C12H25ClN4O2. The normalized spacial score (nSPS) is 17.8. The number of carbonyl (C=O) groups excluding carboxylic acids is 2. The lowest BCUT2D eigenvalue weighted by Crippen LogP contribution is -2.52. The van der Waals surface area contributed by atoms with E-state index >= 15 is 0 Å². The van der Waals surface area contributed by atoms with Crippen molar-refractivity contribution in [3.05, 3.63) is 0 Å². The first kappa shape index (κ1) is 18.1. The van der Waals surface area contributed by atoms with Crippen LogP contribution in [0.5, 0.6) is 0 Å². The predicted molar refractivity (Wildman–Crippen MR) is 77.1 cm³/mol. The zero-order valence-electron chi connectivity index (χ0n) is 11.9. The van der Waals surface area contributed by atoms with Gasteiger partial charge in [-0.2, -0.15) is 0 Å². The molecule has 1 heterocycles. The molecule has 1 aliphatic rings. The molecule has 1 rings (SSSR count). The van der Waals surface area contributed by atoms with Gasteiger partial charge in [0.1, 0.15) is 0 Å². The molecule has 0 aromatic rings. The Balaban J connectivity index is 0.00000324. The van der Waals surface area contributed by atoms with Crippen LogP contribution in [0.3, 0.4) is 0 Å². The summed E-state index contributed by atoms with van der Waals surface area (Å²) in [5, 5.41) is 2.60. The highest BCUT2D eigenvalue weighted by atomic mass is 35.5. The largest absolute Gasteiger partial charge is 0.346 e. The van der Waals surface area contributed by atoms with Gasteiger partial charge in [-0.25, -0.2) is 0 Å². The van der Waals surface area contributed by atoms with E-state index in [-0.39, 0.29) is 36.7 Å². The van der Waals surface area contributed by atoms with Gasteiger partial charge in [0.2, 0.25) is 11.8 Å². The number of piperazine rings is 1. The molecule has 6 nitrogen and oxygen atoms in total. The van der Waals surface area contributed by atoms with E-state index in [4.69, 9.17) is 5.73 Å². The summed E-state index contributed by atoms with van der Waals surface area (Å²) in [6.07, 6.45) is 0. The first-order chi connectivity index (χ1) is 8.41. The van der Waals surface area contributed by atoms with Crippen molar-refractivity contribution < 1.29 is 9.59 Å². The van der Waals surface area contributed by atoms with E-state index in [1.165, 1.54) is 0 Å². The molecule has 0 unspecified atom stereocenters. The van der Waals surface area contributed by atoms with E-state index in [2.05, 4.69) is 10.2 Å². The van der Waals surface area contributed by atoms with Crippen molar-refractivity contribution in [2.75, 3.05) is 39.8 Å². The number of hydrogen-bond donors (Lipinski definition) is 2. The maximum absolute atomic E-state index is 11.9. The van der Waals surface area contributed by atoms with Crippen molar-refractivity contribution in [3.63, 3.8) is 0 Å². The third kappa shape index (κ3) is 5.76. The molecule has 0 aromatic heterocycles. The van der Waals surface area contributed by atoms with Crippen LogP contribution in [0, 0.1) is 5.92 Å². The quantitative estimate of drug-likeness (QED) is 0.717. The smallest absolute Gasteiger partial charge is 0.242 e. The number of likely N-dealkylation sites (N-methyl/N-ethyl adjacent to an activating group) is 1. The van der Waals surface area contributed by atoms with Crippen molar-refractivity contribution in [2.45, 2.75) is 19.9 Å². The van der Waals surface area contributed by atoms with Gasteiger partial charge in [0.25, 0.3) is 0 Å². The summed E-state index contributed by atoms with van der Waals surface area (Å²) < 4.78 is 0. The number of nitrogens with one attached hydrogen (secondary N) is 1. The Hall–Kier alpha value is -0.850. The molecule has 0 aromatic carbocycles. The predicted octanol–water partition coefficient (Wildman–Crippen LogP) is -0.718. The summed E-state index contributed by atoms with van der Waals surface area (Å²) in [4.78, 5) is 27.4. The topological polar surface area (TPSA) is 78.7 Å². The number of halogens is 1. The van der Waals surface area contributed by atoms with Crippen LogP contribution < -0.4 is 11.1 Å². The average molecular weight is 293 g/mol. The minimum atomic E-state index is -0.551. The third-order valence-electron chi connectivity index (χ3n) is 3.29. The summed E-state index contributed by atoms with van der Waals surface area (Å²) in [5.74, 6) is -0.219. The van der Waals surface area contributed by atoms with Crippen LogP contribution in [-0.2, 0) is 9.59 Å². The van der Waals surface area contributed by atoms with Crippen LogP contribution in [0.25, 0.3) is 0 Å². The molecule has 0 radical (unpaired) electrons. The molecule has 7 heteroatoms. The van der Waals surface area contributed by atoms with E-state index in [1.807, 2.05) is 20.9 Å². The average Bonchev–Trinajstić information content (AvgIpc) is 2.35. The number of hydrogen-bond acceptors (Lipinski definition) is 4. The molecule has 0 spiro atoms. The second-order valence-electron chi connectivity index (χ2n) is 5.17. The highest BCUT2D eigenvalue weighted by Crippen LogP contribution is 2.00. The first-order valence-electron chi connectivity index (χ1n) is 6.41. The van der Waals surface area contributed by atoms with Crippen molar-refractivity contribution in [3.8, 4) is 0 Å². The van der Waals surface area contributed by atoms with Gasteiger partial charge in [-0.1, -0.05) is 13.8 Å². The van der Waals surface area contributed by atoms with Crippen LogP contribution in [0.1, 0.15) is 13.8 Å². The fourth-order valence-electron chi connectivity index (χ4n) is 1.75. The van der Waals surface area contributed by atoms with Crippen LogP contribution in [-0.4, -0.2) is 67.4 Å². The molecule has 19 heavy (non-hydrogen) atoms. The Morgan fingerprint density at radius 3 is 2.21 bits per heavy atom. The van der Waals surface area contributed by atoms with Gasteiger partial charge in [-0.15, -0.1) is 12.4 Å². The second kappa shape index (κ2) is 8.35. The van der Waals surface area contributed by atoms with E-state index in [9.17, 15) is 9.59 Å². The molecule has 0 aliphatic carbocycles. The summed E-state index contributed by atoms with van der Waals surface area (Å²) in [6.45, 7) is 7.02. The van der Waals surface area contributed by atoms with Crippen molar-refractivity contribution >= 4 is 24.2 Å². The SMILES string of the molecule is CC(C)[C@H](N)C(=O)NCC(=O)N1CCN(C)CC1.Cl. The highest BCUT2D eigenvalue weighted by molar-refractivity contribution is 5.87. The van der Waals surface area contributed by atoms with Gasteiger partial charge >= 0.3 is 0 Å². The van der Waals surface area contributed by atoms with Gasteiger partial charge in [0, 0.05) is 26.2 Å². The van der Waals surface area contributed by atoms with Gasteiger partial charge in [0.15, 0.2) is 0 Å². The van der Waals surface area contributed by atoms with Gasteiger partial charge in [0.05, 0.1) is 12.6 Å². The molecule has 1 atom stereocenters. The Morgan fingerprint density at radius 1 is 1.21 bits per heavy atom. The third-order valence-corrected chi connectivity index (χ3v) is 3.29. The number of nitrogens with zero attached hydrogens (tertiary/aromatic N) is 2. The number of carbonyl (C=O) groups is 2. The van der Waals surface area contributed by atoms with Gasteiger partial charge in [-0.3, -0.25) is 9.59 Å². The van der Waals surface area contributed by atoms with E-state index in [0.717, 1.165) is 26.2 Å². The molecule has 0 saturated carbocycles. The molecule has 1 saturated heterocycles. The molecular weight excluding hydrogens is 268 g/mol. The lowest BCUT2D eigenvalue weighted by Gasteiger charge is -2.32. The molecule has 2 amide bonds.